The predicted octanol–water partition coefficient (Wildman–Crippen LogP) is 2.65. The molecular formula is C18H21Cl2N3O2. The maximum Gasteiger partial charge on any atom is 0.269 e. The molecule has 0 fully saturated rings. The number of benzene rings is 1. The molecule has 3 rings (SSSR count). The van der Waals surface area contributed by atoms with Gasteiger partial charge in [0.15, 0.2) is 0 Å². The first-order valence-corrected chi connectivity index (χ1v) is 8.46. The Morgan fingerprint density at radius 3 is 2.88 bits per heavy atom. The summed E-state index contributed by atoms with van der Waals surface area (Å²) in [4.78, 5) is 16.0. The van der Waals surface area contributed by atoms with E-state index in [1.807, 2.05) is 6.07 Å². The molecule has 7 heteroatoms. The van der Waals surface area contributed by atoms with Crippen molar-refractivity contribution in [1.29, 1.82) is 0 Å². The Balaban J connectivity index is 0.00000225. The topological polar surface area (TPSA) is 63.2 Å². The molecule has 134 valence electrons. The Morgan fingerprint density at radius 1 is 1.24 bits per heavy atom. The van der Waals surface area contributed by atoms with Crippen LogP contribution in [0.2, 0.25) is 5.02 Å². The first-order chi connectivity index (χ1) is 11.8. The zero-order valence-electron chi connectivity index (χ0n) is 13.8. The summed E-state index contributed by atoms with van der Waals surface area (Å²) in [6.45, 7) is 2.64. The number of fused-ring (bicyclic) bond motifs is 1. The molecule has 1 amide bonds. The summed E-state index contributed by atoms with van der Waals surface area (Å²) in [6, 6.07) is 9.19. The number of hydrogen-bond acceptors (Lipinski definition) is 4. The van der Waals surface area contributed by atoms with Crippen molar-refractivity contribution >= 4 is 29.9 Å². The van der Waals surface area contributed by atoms with Gasteiger partial charge in [0.2, 0.25) is 0 Å². The van der Waals surface area contributed by atoms with Crippen molar-refractivity contribution < 1.29 is 9.53 Å². The summed E-state index contributed by atoms with van der Waals surface area (Å²) in [5.74, 6) is 0.534. The van der Waals surface area contributed by atoms with Gasteiger partial charge in [-0.25, -0.2) is 0 Å². The summed E-state index contributed by atoms with van der Waals surface area (Å²) in [7, 11) is 0. The number of nitrogens with one attached hydrogen (secondary N) is 2. The maximum atomic E-state index is 11.9. The van der Waals surface area contributed by atoms with Crippen molar-refractivity contribution in [3.63, 3.8) is 0 Å². The molecule has 1 aliphatic heterocycles. The van der Waals surface area contributed by atoms with E-state index in [0.29, 0.717) is 23.9 Å². The van der Waals surface area contributed by atoms with Gasteiger partial charge in [0.25, 0.3) is 5.91 Å². The lowest BCUT2D eigenvalue weighted by Crippen LogP contribution is -2.28. The largest absolute Gasteiger partial charge is 0.490 e. The van der Waals surface area contributed by atoms with Crippen molar-refractivity contribution in [3.8, 4) is 5.75 Å². The third-order valence-electron chi connectivity index (χ3n) is 3.96. The van der Waals surface area contributed by atoms with Gasteiger partial charge in [0, 0.05) is 11.8 Å². The Labute approximate surface area is 158 Å². The van der Waals surface area contributed by atoms with Gasteiger partial charge in [-0.05, 0) is 49.7 Å². The van der Waals surface area contributed by atoms with E-state index < -0.39 is 0 Å². The molecule has 0 bridgehead atoms. The number of halogens is 2. The molecule has 1 aromatic carbocycles. The van der Waals surface area contributed by atoms with Gasteiger partial charge in [-0.2, -0.15) is 0 Å². The first-order valence-electron chi connectivity index (χ1n) is 8.08. The lowest BCUT2D eigenvalue weighted by atomic mass is 10.0. The average Bonchev–Trinajstić information content (AvgIpc) is 2.86. The second-order valence-electron chi connectivity index (χ2n) is 5.58. The van der Waals surface area contributed by atoms with Crippen molar-refractivity contribution in [2.24, 2.45) is 0 Å². The van der Waals surface area contributed by atoms with Gasteiger partial charge in [0.05, 0.1) is 11.6 Å². The Morgan fingerprint density at radius 2 is 2.08 bits per heavy atom. The monoisotopic (exact) mass is 381 g/mol. The minimum absolute atomic E-state index is 0. The van der Waals surface area contributed by atoms with Gasteiger partial charge in [-0.3, -0.25) is 9.78 Å². The number of ether oxygens (including phenoxy) is 1. The Bertz CT molecular complexity index is 711. The van der Waals surface area contributed by atoms with Gasteiger partial charge in [-0.15, -0.1) is 12.4 Å². The van der Waals surface area contributed by atoms with Crippen LogP contribution in [-0.2, 0) is 12.8 Å². The molecule has 1 aliphatic rings. The molecular weight excluding hydrogens is 361 g/mol. The number of nitrogens with zero attached hydrogens (tertiary/aromatic N) is 1. The third-order valence-corrected chi connectivity index (χ3v) is 4.26. The van der Waals surface area contributed by atoms with E-state index in [1.54, 1.807) is 24.4 Å². The van der Waals surface area contributed by atoms with Gasteiger partial charge >= 0.3 is 0 Å². The van der Waals surface area contributed by atoms with Crippen LogP contribution in [0.5, 0.6) is 5.75 Å². The smallest absolute Gasteiger partial charge is 0.269 e. The molecule has 0 unspecified atom stereocenters. The number of amides is 1. The third kappa shape index (κ3) is 5.08. The van der Waals surface area contributed by atoms with E-state index in [9.17, 15) is 4.79 Å². The number of hydrogen-bond donors (Lipinski definition) is 2. The Hall–Kier alpha value is -1.82. The van der Waals surface area contributed by atoms with E-state index >= 15 is 0 Å². The van der Waals surface area contributed by atoms with E-state index in [0.717, 1.165) is 31.7 Å². The molecule has 25 heavy (non-hydrogen) atoms. The fourth-order valence-electron chi connectivity index (χ4n) is 2.77. The first kappa shape index (κ1) is 19.5. The second kappa shape index (κ2) is 9.61. The molecule has 0 radical (unpaired) electrons. The molecule has 0 spiro atoms. The van der Waals surface area contributed by atoms with Gasteiger partial charge < -0.3 is 15.4 Å². The van der Waals surface area contributed by atoms with E-state index in [1.165, 1.54) is 11.1 Å². The van der Waals surface area contributed by atoms with Crippen LogP contribution in [0, 0.1) is 0 Å². The van der Waals surface area contributed by atoms with Crippen LogP contribution < -0.4 is 15.4 Å². The van der Waals surface area contributed by atoms with Crippen molar-refractivity contribution in [2.75, 3.05) is 26.2 Å². The minimum Gasteiger partial charge on any atom is -0.490 e. The van der Waals surface area contributed by atoms with Crippen LogP contribution in [0.25, 0.3) is 0 Å². The number of pyridine rings is 1. The number of carbonyl (C=O) groups is 1. The lowest BCUT2D eigenvalue weighted by Gasteiger charge is -2.15. The van der Waals surface area contributed by atoms with Crippen LogP contribution in [0.3, 0.4) is 0 Å². The predicted molar refractivity (Wildman–Crippen MR) is 101 cm³/mol. The summed E-state index contributed by atoms with van der Waals surface area (Å²) in [5, 5.41) is 6.80. The van der Waals surface area contributed by atoms with E-state index in [-0.39, 0.29) is 18.3 Å². The van der Waals surface area contributed by atoms with Crippen molar-refractivity contribution in [1.82, 2.24) is 15.6 Å². The van der Waals surface area contributed by atoms with Crippen LogP contribution in [0.4, 0.5) is 0 Å². The minimum atomic E-state index is -0.207. The second-order valence-corrected chi connectivity index (χ2v) is 5.99. The average molecular weight is 382 g/mol. The fraction of sp³-hybridized carbons (Fsp3) is 0.333. The normalized spacial score (nSPS) is 13.2. The number of carbonyl (C=O) groups excluding carboxylic acids is 1. The fourth-order valence-corrected chi connectivity index (χ4v) is 3.00. The van der Waals surface area contributed by atoms with Crippen LogP contribution in [-0.4, -0.2) is 37.1 Å². The number of rotatable bonds is 5. The SMILES string of the molecule is Cl.O=C(NCCOc1c(Cl)ccc2c1CCNCC2)c1ccccn1. The molecule has 0 saturated heterocycles. The zero-order chi connectivity index (χ0) is 16.8. The molecule has 2 N–H and O–H groups in total. The standard InChI is InChI=1S/C18H20ClN3O2.ClH/c19-15-5-4-13-6-9-20-10-7-14(13)17(15)24-12-11-22-18(23)16-3-1-2-8-21-16;/h1-5,8,20H,6-7,9-12H2,(H,22,23);1H. The highest BCUT2D eigenvalue weighted by Crippen LogP contribution is 2.32. The molecule has 2 heterocycles. The quantitative estimate of drug-likeness (QED) is 0.781. The lowest BCUT2D eigenvalue weighted by molar-refractivity contribution is 0.0942. The molecule has 0 saturated carbocycles. The van der Waals surface area contributed by atoms with Gasteiger partial charge in [0.1, 0.15) is 18.1 Å². The zero-order valence-corrected chi connectivity index (χ0v) is 15.3. The molecule has 2 aromatic rings. The van der Waals surface area contributed by atoms with E-state index in [2.05, 4.69) is 21.7 Å². The van der Waals surface area contributed by atoms with Crippen molar-refractivity contribution in [2.45, 2.75) is 12.8 Å². The highest BCUT2D eigenvalue weighted by molar-refractivity contribution is 6.32. The maximum absolute atomic E-state index is 11.9. The molecule has 1 aromatic heterocycles. The molecule has 0 atom stereocenters. The van der Waals surface area contributed by atoms with Crippen LogP contribution >= 0.6 is 24.0 Å². The van der Waals surface area contributed by atoms with E-state index in [4.69, 9.17) is 16.3 Å². The summed E-state index contributed by atoms with van der Waals surface area (Å²) < 4.78 is 5.88. The molecule has 5 nitrogen and oxygen atoms in total. The van der Waals surface area contributed by atoms with Crippen molar-refractivity contribution in [3.05, 3.63) is 58.4 Å². The van der Waals surface area contributed by atoms with Crippen LogP contribution in [0.1, 0.15) is 21.6 Å². The Kier molecular flexibility index (Phi) is 7.50. The highest BCUT2D eigenvalue weighted by Gasteiger charge is 2.16. The highest BCUT2D eigenvalue weighted by atomic mass is 35.5. The van der Waals surface area contributed by atoms with Crippen LogP contribution in [0.15, 0.2) is 36.5 Å². The summed E-state index contributed by atoms with van der Waals surface area (Å²) in [5.41, 5.74) is 2.84. The number of aromatic nitrogens is 1. The molecule has 0 aliphatic carbocycles. The summed E-state index contributed by atoms with van der Waals surface area (Å²) >= 11 is 6.31. The summed E-state index contributed by atoms with van der Waals surface area (Å²) in [6.07, 6.45) is 3.46. The van der Waals surface area contributed by atoms with Gasteiger partial charge in [-0.1, -0.05) is 23.7 Å².